The van der Waals surface area contributed by atoms with Crippen molar-refractivity contribution in [2.75, 3.05) is 0 Å². The summed E-state index contributed by atoms with van der Waals surface area (Å²) in [5.74, 6) is 0. The van der Waals surface area contributed by atoms with Gasteiger partial charge in [0.2, 0.25) is 0 Å². The molecule has 0 aliphatic heterocycles. The number of aryl methyl sites for hydroxylation is 1. The average molecular weight is 207 g/mol. The minimum atomic E-state index is 1.22. The van der Waals surface area contributed by atoms with E-state index in [1.54, 1.807) is 0 Å². The Kier molecular flexibility index (Phi) is 2.03. The van der Waals surface area contributed by atoms with Crippen molar-refractivity contribution in [1.29, 1.82) is 0 Å². The van der Waals surface area contributed by atoms with Gasteiger partial charge in [-0.2, -0.15) is 0 Å². The number of H-pyrrole nitrogens is 1. The minimum absolute atomic E-state index is 1.22. The second-order valence-corrected chi connectivity index (χ2v) is 4.12. The molecule has 1 heteroatoms. The fourth-order valence-electron chi connectivity index (χ4n) is 2.14. The van der Waals surface area contributed by atoms with E-state index < -0.39 is 0 Å². The summed E-state index contributed by atoms with van der Waals surface area (Å²) in [6, 6.07) is 17.1. The molecular weight excluding hydrogens is 194 g/mol. The maximum absolute atomic E-state index is 3.31. The highest BCUT2D eigenvalue weighted by atomic mass is 14.7. The Bertz CT molecular complexity index is 634. The monoisotopic (exact) mass is 207 g/mol. The lowest BCUT2D eigenvalue weighted by molar-refractivity contribution is 1.45. The first-order valence-corrected chi connectivity index (χ1v) is 5.48. The van der Waals surface area contributed by atoms with Crippen LogP contribution in [0.25, 0.3) is 22.0 Å². The third-order valence-corrected chi connectivity index (χ3v) is 2.92. The summed E-state index contributed by atoms with van der Waals surface area (Å²) < 4.78 is 0. The molecule has 16 heavy (non-hydrogen) atoms. The highest BCUT2D eigenvalue weighted by Crippen LogP contribution is 2.27. The smallest absolute Gasteiger partial charge is 0.0533 e. The van der Waals surface area contributed by atoms with Crippen LogP contribution in [0.1, 0.15) is 5.56 Å². The number of benzene rings is 2. The van der Waals surface area contributed by atoms with E-state index >= 15 is 0 Å². The Morgan fingerprint density at radius 1 is 0.938 bits per heavy atom. The molecule has 1 nitrogen and oxygen atoms in total. The van der Waals surface area contributed by atoms with Crippen molar-refractivity contribution in [2.24, 2.45) is 0 Å². The van der Waals surface area contributed by atoms with Gasteiger partial charge < -0.3 is 4.98 Å². The lowest BCUT2D eigenvalue weighted by Crippen LogP contribution is -1.81. The van der Waals surface area contributed by atoms with Crippen LogP contribution in [0.15, 0.2) is 54.7 Å². The van der Waals surface area contributed by atoms with E-state index in [1.807, 2.05) is 6.20 Å². The van der Waals surface area contributed by atoms with Crippen LogP contribution in [-0.4, -0.2) is 4.98 Å². The summed E-state index contributed by atoms with van der Waals surface area (Å²) in [7, 11) is 0. The zero-order chi connectivity index (χ0) is 11.0. The molecule has 0 unspecified atom stereocenters. The highest BCUT2D eigenvalue weighted by molar-refractivity contribution is 5.94. The Morgan fingerprint density at radius 3 is 2.69 bits per heavy atom. The molecule has 0 atom stereocenters. The number of hydrogen-bond donors (Lipinski definition) is 1. The SMILES string of the molecule is Cc1cccc(-c2cccc3cc[nH]c23)c1. The normalized spacial score (nSPS) is 10.8. The number of rotatable bonds is 1. The quantitative estimate of drug-likeness (QED) is 0.617. The topological polar surface area (TPSA) is 15.8 Å². The zero-order valence-electron chi connectivity index (χ0n) is 9.20. The molecule has 1 aromatic heterocycles. The van der Waals surface area contributed by atoms with Gasteiger partial charge in [-0.1, -0.05) is 48.0 Å². The maximum Gasteiger partial charge on any atom is 0.0533 e. The van der Waals surface area contributed by atoms with Gasteiger partial charge in [-0.3, -0.25) is 0 Å². The van der Waals surface area contributed by atoms with Crippen molar-refractivity contribution in [3.8, 4) is 11.1 Å². The number of nitrogens with one attached hydrogen (secondary N) is 1. The van der Waals surface area contributed by atoms with Crippen LogP contribution in [0.2, 0.25) is 0 Å². The molecule has 1 N–H and O–H groups in total. The van der Waals surface area contributed by atoms with Gasteiger partial charge in [-0.15, -0.1) is 0 Å². The molecule has 0 bridgehead atoms. The Morgan fingerprint density at radius 2 is 1.81 bits per heavy atom. The summed E-state index contributed by atoms with van der Waals surface area (Å²) in [6.45, 7) is 2.12. The lowest BCUT2D eigenvalue weighted by atomic mass is 10.0. The molecule has 0 fully saturated rings. The van der Waals surface area contributed by atoms with E-state index in [9.17, 15) is 0 Å². The van der Waals surface area contributed by atoms with Crippen LogP contribution in [-0.2, 0) is 0 Å². The molecular formula is C15H13N. The Labute approximate surface area is 94.7 Å². The first-order valence-electron chi connectivity index (χ1n) is 5.48. The van der Waals surface area contributed by atoms with Gasteiger partial charge >= 0.3 is 0 Å². The average Bonchev–Trinajstić information content (AvgIpc) is 2.76. The summed E-state index contributed by atoms with van der Waals surface area (Å²) in [5, 5.41) is 1.26. The molecule has 1 heterocycles. The molecule has 0 saturated heterocycles. The Balaban J connectivity index is 2.29. The zero-order valence-corrected chi connectivity index (χ0v) is 9.20. The second-order valence-electron chi connectivity index (χ2n) is 4.12. The molecule has 78 valence electrons. The minimum Gasteiger partial charge on any atom is -0.361 e. The molecule has 0 spiro atoms. The van der Waals surface area contributed by atoms with Crippen LogP contribution in [0, 0.1) is 6.92 Å². The first kappa shape index (κ1) is 9.22. The maximum atomic E-state index is 3.31. The largest absolute Gasteiger partial charge is 0.361 e. The van der Waals surface area contributed by atoms with Crippen LogP contribution in [0.5, 0.6) is 0 Å². The molecule has 0 radical (unpaired) electrons. The second kappa shape index (κ2) is 3.53. The molecule has 0 amide bonds. The summed E-state index contributed by atoms with van der Waals surface area (Å²) >= 11 is 0. The van der Waals surface area contributed by atoms with E-state index in [4.69, 9.17) is 0 Å². The third-order valence-electron chi connectivity index (χ3n) is 2.92. The number of aromatic amines is 1. The summed E-state index contributed by atoms with van der Waals surface area (Å²) in [4.78, 5) is 3.31. The number of aromatic nitrogens is 1. The van der Waals surface area contributed by atoms with E-state index in [0.717, 1.165) is 0 Å². The van der Waals surface area contributed by atoms with E-state index in [0.29, 0.717) is 0 Å². The van der Waals surface area contributed by atoms with Crippen LogP contribution < -0.4 is 0 Å². The number of para-hydroxylation sites is 1. The third kappa shape index (κ3) is 1.41. The first-order chi connectivity index (χ1) is 7.84. The molecule has 0 saturated carbocycles. The van der Waals surface area contributed by atoms with Crippen molar-refractivity contribution >= 4 is 10.9 Å². The van der Waals surface area contributed by atoms with Gasteiger partial charge in [0.25, 0.3) is 0 Å². The van der Waals surface area contributed by atoms with Gasteiger partial charge in [0, 0.05) is 11.8 Å². The van der Waals surface area contributed by atoms with Crippen LogP contribution in [0.4, 0.5) is 0 Å². The van der Waals surface area contributed by atoms with Crippen LogP contribution in [0.3, 0.4) is 0 Å². The highest BCUT2D eigenvalue weighted by Gasteiger charge is 2.03. The summed E-state index contributed by atoms with van der Waals surface area (Å²) in [6.07, 6.45) is 1.99. The predicted molar refractivity (Wildman–Crippen MR) is 68.5 cm³/mol. The van der Waals surface area contributed by atoms with E-state index in [1.165, 1.54) is 27.6 Å². The lowest BCUT2D eigenvalue weighted by Gasteiger charge is -2.04. The van der Waals surface area contributed by atoms with E-state index in [-0.39, 0.29) is 0 Å². The number of fused-ring (bicyclic) bond motifs is 1. The summed E-state index contributed by atoms with van der Waals surface area (Å²) in [5.41, 5.74) is 5.05. The van der Waals surface area contributed by atoms with Crippen molar-refractivity contribution in [1.82, 2.24) is 4.98 Å². The van der Waals surface area contributed by atoms with Gasteiger partial charge in [-0.05, 0) is 23.9 Å². The fraction of sp³-hybridized carbons (Fsp3) is 0.0667. The number of hydrogen-bond acceptors (Lipinski definition) is 0. The predicted octanol–water partition coefficient (Wildman–Crippen LogP) is 4.14. The van der Waals surface area contributed by atoms with Gasteiger partial charge in [-0.25, -0.2) is 0 Å². The van der Waals surface area contributed by atoms with Crippen molar-refractivity contribution < 1.29 is 0 Å². The standard InChI is InChI=1S/C15H13N/c1-11-4-2-6-13(10-11)14-7-3-5-12-8-9-16-15(12)14/h2-10,16H,1H3. The van der Waals surface area contributed by atoms with Gasteiger partial charge in [0.1, 0.15) is 0 Å². The fourth-order valence-corrected chi connectivity index (χ4v) is 2.14. The van der Waals surface area contributed by atoms with Gasteiger partial charge in [0.05, 0.1) is 5.52 Å². The molecule has 0 aliphatic carbocycles. The van der Waals surface area contributed by atoms with Crippen LogP contribution >= 0.6 is 0 Å². The molecule has 3 rings (SSSR count). The van der Waals surface area contributed by atoms with Crippen molar-refractivity contribution in [3.05, 3.63) is 60.3 Å². The van der Waals surface area contributed by atoms with Crippen molar-refractivity contribution in [3.63, 3.8) is 0 Å². The molecule has 0 aliphatic rings. The van der Waals surface area contributed by atoms with Crippen molar-refractivity contribution in [2.45, 2.75) is 6.92 Å². The molecule has 2 aromatic carbocycles. The van der Waals surface area contributed by atoms with Gasteiger partial charge in [0.15, 0.2) is 0 Å². The van der Waals surface area contributed by atoms with E-state index in [2.05, 4.69) is 60.4 Å². The molecule has 3 aromatic rings. The Hall–Kier alpha value is -2.02.